The van der Waals surface area contributed by atoms with Gasteiger partial charge in [-0.05, 0) is 12.0 Å². The van der Waals surface area contributed by atoms with Gasteiger partial charge < -0.3 is 10.2 Å². The van der Waals surface area contributed by atoms with Gasteiger partial charge >= 0.3 is 11.9 Å². The highest BCUT2D eigenvalue weighted by Crippen LogP contribution is 2.15. The SMILES string of the molecule is N=S(=O)(Cc1ccccc1)CC(CCC(=O)O)C(=O)O. The molecule has 0 amide bonds. The van der Waals surface area contributed by atoms with E-state index in [-0.39, 0.29) is 24.3 Å². The predicted octanol–water partition coefficient (Wildman–Crippen LogP) is 1.80. The average Bonchev–Trinajstić information content (AvgIpc) is 2.34. The van der Waals surface area contributed by atoms with Crippen molar-refractivity contribution in [2.45, 2.75) is 18.6 Å². The molecule has 2 unspecified atom stereocenters. The number of carbonyl (C=O) groups is 2. The number of hydrogen-bond donors (Lipinski definition) is 3. The van der Waals surface area contributed by atoms with Crippen LogP contribution in [0.1, 0.15) is 18.4 Å². The Bertz CT molecular complexity index is 568. The Morgan fingerprint density at radius 2 is 1.80 bits per heavy atom. The first-order chi connectivity index (χ1) is 9.30. The zero-order valence-electron chi connectivity index (χ0n) is 10.8. The fourth-order valence-electron chi connectivity index (χ4n) is 1.80. The van der Waals surface area contributed by atoms with Crippen LogP contribution in [0.2, 0.25) is 0 Å². The molecule has 7 heteroatoms. The molecule has 1 rings (SSSR count). The van der Waals surface area contributed by atoms with Gasteiger partial charge in [0.25, 0.3) is 0 Å². The van der Waals surface area contributed by atoms with Crippen LogP contribution in [0, 0.1) is 10.7 Å². The Morgan fingerprint density at radius 1 is 1.20 bits per heavy atom. The van der Waals surface area contributed by atoms with Gasteiger partial charge in [0.2, 0.25) is 0 Å². The Morgan fingerprint density at radius 3 is 2.30 bits per heavy atom. The van der Waals surface area contributed by atoms with Crippen LogP contribution < -0.4 is 0 Å². The second kappa shape index (κ2) is 7.04. The van der Waals surface area contributed by atoms with E-state index in [1.807, 2.05) is 0 Å². The molecule has 6 nitrogen and oxygen atoms in total. The summed E-state index contributed by atoms with van der Waals surface area (Å²) in [6.07, 6.45) is -0.423. The van der Waals surface area contributed by atoms with Crippen LogP contribution in [-0.2, 0) is 25.1 Å². The van der Waals surface area contributed by atoms with E-state index < -0.39 is 27.6 Å². The molecule has 0 radical (unpaired) electrons. The number of nitrogens with one attached hydrogen (secondary N) is 1. The number of hydrogen-bond acceptors (Lipinski definition) is 4. The van der Waals surface area contributed by atoms with Gasteiger partial charge in [-0.1, -0.05) is 30.3 Å². The maximum Gasteiger partial charge on any atom is 0.307 e. The molecular formula is C13H17NO5S. The minimum atomic E-state index is -3.10. The van der Waals surface area contributed by atoms with E-state index in [2.05, 4.69) is 0 Å². The fraction of sp³-hybridized carbons (Fsp3) is 0.385. The van der Waals surface area contributed by atoms with E-state index in [4.69, 9.17) is 15.0 Å². The van der Waals surface area contributed by atoms with Gasteiger partial charge in [-0.3, -0.25) is 14.4 Å². The van der Waals surface area contributed by atoms with Crippen LogP contribution >= 0.6 is 0 Å². The normalized spacial score (nSPS) is 15.2. The Labute approximate surface area is 117 Å². The molecule has 0 heterocycles. The molecule has 0 aliphatic carbocycles. The van der Waals surface area contributed by atoms with Crippen LogP contribution in [0.4, 0.5) is 0 Å². The lowest BCUT2D eigenvalue weighted by molar-refractivity contribution is -0.142. The first kappa shape index (κ1) is 16.2. The van der Waals surface area contributed by atoms with Crippen molar-refractivity contribution in [2.24, 2.45) is 5.92 Å². The molecule has 20 heavy (non-hydrogen) atoms. The number of benzene rings is 1. The Kier molecular flexibility index (Phi) is 5.69. The third-order valence-corrected chi connectivity index (χ3v) is 4.51. The molecule has 3 N–H and O–H groups in total. The number of carboxylic acids is 2. The summed E-state index contributed by atoms with van der Waals surface area (Å²) in [5.41, 5.74) is 0.704. The van der Waals surface area contributed by atoms with E-state index in [1.165, 1.54) is 0 Å². The van der Waals surface area contributed by atoms with Gasteiger partial charge in [0.15, 0.2) is 0 Å². The average molecular weight is 299 g/mol. The molecule has 0 aliphatic rings. The van der Waals surface area contributed by atoms with Crippen molar-refractivity contribution in [2.75, 3.05) is 5.75 Å². The van der Waals surface area contributed by atoms with Gasteiger partial charge in [0.1, 0.15) is 0 Å². The molecule has 0 fully saturated rings. The molecule has 110 valence electrons. The zero-order valence-corrected chi connectivity index (χ0v) is 11.6. The maximum absolute atomic E-state index is 12.2. The quantitative estimate of drug-likeness (QED) is 0.677. The second-order valence-corrected chi connectivity index (χ2v) is 6.82. The lowest BCUT2D eigenvalue weighted by Crippen LogP contribution is -2.24. The standard InChI is InChI=1S/C13H17NO5S/c14-20(19,8-10-4-2-1-3-5-10)9-11(13(17)18)6-7-12(15)16/h1-5,11,14H,6-9H2,(H,15,16)(H,17,18). The second-order valence-electron chi connectivity index (χ2n) is 4.58. The lowest BCUT2D eigenvalue weighted by Gasteiger charge is -2.14. The maximum atomic E-state index is 12.2. The molecule has 0 aliphatic heterocycles. The van der Waals surface area contributed by atoms with Crippen LogP contribution in [0.3, 0.4) is 0 Å². The van der Waals surface area contributed by atoms with E-state index in [9.17, 15) is 13.8 Å². The van der Waals surface area contributed by atoms with E-state index in [0.29, 0.717) is 5.56 Å². The van der Waals surface area contributed by atoms with E-state index in [1.54, 1.807) is 30.3 Å². The fourth-order valence-corrected chi connectivity index (χ4v) is 3.61. The van der Waals surface area contributed by atoms with Crippen molar-refractivity contribution in [3.63, 3.8) is 0 Å². The number of rotatable bonds is 8. The highest BCUT2D eigenvalue weighted by molar-refractivity contribution is 7.91. The first-order valence-electron chi connectivity index (χ1n) is 6.03. The van der Waals surface area contributed by atoms with Crippen LogP contribution in [-0.4, -0.2) is 32.1 Å². The molecule has 1 aromatic rings. The zero-order chi connectivity index (χ0) is 15.2. The molecule has 2 atom stereocenters. The topological polar surface area (TPSA) is 116 Å². The molecule has 0 saturated heterocycles. The van der Waals surface area contributed by atoms with Gasteiger partial charge in [0.05, 0.1) is 11.7 Å². The molecule has 0 saturated carbocycles. The van der Waals surface area contributed by atoms with E-state index in [0.717, 1.165) is 0 Å². The van der Waals surface area contributed by atoms with E-state index >= 15 is 0 Å². The van der Waals surface area contributed by atoms with Gasteiger partial charge in [-0.25, -0.2) is 4.21 Å². The predicted molar refractivity (Wildman–Crippen MR) is 73.9 cm³/mol. The lowest BCUT2D eigenvalue weighted by atomic mass is 10.1. The minimum Gasteiger partial charge on any atom is -0.481 e. The van der Waals surface area contributed by atoms with Crippen LogP contribution in [0.15, 0.2) is 30.3 Å². The van der Waals surface area contributed by atoms with Gasteiger partial charge in [0, 0.05) is 21.9 Å². The summed E-state index contributed by atoms with van der Waals surface area (Å²) in [5.74, 6) is -3.73. The summed E-state index contributed by atoms with van der Waals surface area (Å²) >= 11 is 0. The molecule has 0 aromatic heterocycles. The van der Waals surface area contributed by atoms with Crippen LogP contribution in [0.25, 0.3) is 0 Å². The van der Waals surface area contributed by atoms with Crippen LogP contribution in [0.5, 0.6) is 0 Å². The summed E-state index contributed by atoms with van der Waals surface area (Å²) in [6, 6.07) is 8.75. The van der Waals surface area contributed by atoms with Gasteiger partial charge in [-0.15, -0.1) is 0 Å². The first-order valence-corrected chi connectivity index (χ1v) is 7.92. The van der Waals surface area contributed by atoms with Crippen molar-refractivity contribution in [3.05, 3.63) is 35.9 Å². The summed E-state index contributed by atoms with van der Waals surface area (Å²) in [6.45, 7) is 0. The summed E-state index contributed by atoms with van der Waals surface area (Å²) < 4.78 is 20.0. The third kappa shape index (κ3) is 5.83. The summed E-state index contributed by atoms with van der Waals surface area (Å²) in [4.78, 5) is 21.5. The molecule has 0 spiro atoms. The highest BCUT2D eigenvalue weighted by Gasteiger charge is 2.24. The Hall–Kier alpha value is -1.89. The van der Waals surface area contributed by atoms with Gasteiger partial charge in [-0.2, -0.15) is 0 Å². The third-order valence-electron chi connectivity index (χ3n) is 2.77. The van der Waals surface area contributed by atoms with Crippen molar-refractivity contribution in [1.82, 2.24) is 0 Å². The largest absolute Gasteiger partial charge is 0.481 e. The molecule has 0 bridgehead atoms. The summed E-state index contributed by atoms with van der Waals surface area (Å²) in [7, 11) is -3.10. The van der Waals surface area contributed by atoms with Crippen molar-refractivity contribution >= 4 is 21.7 Å². The van der Waals surface area contributed by atoms with Crippen molar-refractivity contribution < 1.29 is 24.0 Å². The minimum absolute atomic E-state index is 0.0231. The van der Waals surface area contributed by atoms with Crippen molar-refractivity contribution in [1.29, 1.82) is 4.78 Å². The molecular weight excluding hydrogens is 282 g/mol. The summed E-state index contributed by atoms with van der Waals surface area (Å²) in [5, 5.41) is 17.6. The highest BCUT2D eigenvalue weighted by atomic mass is 32.2. The van der Waals surface area contributed by atoms with Crippen molar-refractivity contribution in [3.8, 4) is 0 Å². The smallest absolute Gasteiger partial charge is 0.307 e. The number of aliphatic carboxylic acids is 2. The Balaban J connectivity index is 2.71. The monoisotopic (exact) mass is 299 g/mol. The molecule has 1 aromatic carbocycles. The number of carboxylic acid groups (broad SMARTS) is 2.